The predicted octanol–water partition coefficient (Wildman–Crippen LogP) is 2.44. The minimum Gasteiger partial charge on any atom is -0.373 e. The van der Waals surface area contributed by atoms with Crippen LogP contribution in [0.5, 0.6) is 0 Å². The first-order valence-electron chi connectivity index (χ1n) is 11.5. The average molecular weight is 561 g/mol. The van der Waals surface area contributed by atoms with Crippen molar-refractivity contribution in [1.82, 2.24) is 9.80 Å². The van der Waals surface area contributed by atoms with Crippen LogP contribution >= 0.6 is 11.6 Å². The van der Waals surface area contributed by atoms with E-state index in [0.29, 0.717) is 45.3 Å². The van der Waals surface area contributed by atoms with Crippen LogP contribution in [-0.2, 0) is 14.9 Å². The first-order chi connectivity index (χ1) is 17.9. The fourth-order valence-electron chi connectivity index (χ4n) is 4.17. The van der Waals surface area contributed by atoms with Gasteiger partial charge in [0.05, 0.1) is 29.1 Å². The van der Waals surface area contributed by atoms with Gasteiger partial charge in [0.1, 0.15) is 11.5 Å². The summed E-state index contributed by atoms with van der Waals surface area (Å²) in [6, 6.07) is 11.6. The number of halogens is 1. The number of nitrogens with zero attached hydrogens (tertiary/aromatic N) is 6. The monoisotopic (exact) mass is 560 g/mol. The molecule has 200 valence electrons. The maximum atomic E-state index is 13.4. The number of fused-ring (bicyclic) bond motifs is 3. The molecule has 1 fully saturated rings. The first-order valence-corrected chi connectivity index (χ1v) is 13.7. The maximum Gasteiger partial charge on any atom is 0.284 e. The molecule has 0 saturated carbocycles. The fraction of sp³-hybridized carbons (Fsp3) is 0.292. The van der Waals surface area contributed by atoms with Crippen LogP contribution in [-0.4, -0.2) is 91.2 Å². The van der Waals surface area contributed by atoms with E-state index in [9.17, 15) is 23.3 Å². The van der Waals surface area contributed by atoms with Gasteiger partial charge in [-0.2, -0.15) is 8.42 Å². The number of hydrogen-bond donors (Lipinski definition) is 1. The Bertz CT molecular complexity index is 1470. The van der Waals surface area contributed by atoms with E-state index in [1.165, 1.54) is 17.0 Å². The minimum absolute atomic E-state index is 0.0891. The molecule has 1 saturated heterocycles. The number of non-ortho nitro benzene ring substituents is 1. The number of aliphatic imine (C=N–C) groups is 2. The van der Waals surface area contributed by atoms with Crippen molar-refractivity contribution in [3.8, 4) is 0 Å². The summed E-state index contributed by atoms with van der Waals surface area (Å²) in [6.07, 6.45) is 2.52. The molecule has 0 aromatic heterocycles. The van der Waals surface area contributed by atoms with Gasteiger partial charge in [-0.05, 0) is 19.2 Å². The normalized spacial score (nSPS) is 18.6. The van der Waals surface area contributed by atoms with E-state index in [4.69, 9.17) is 21.1 Å². The third kappa shape index (κ3) is 6.25. The number of carbonyl (C=O) groups is 1. The highest BCUT2D eigenvalue weighted by Gasteiger charge is 2.37. The summed E-state index contributed by atoms with van der Waals surface area (Å²) in [7, 11) is -1.60. The van der Waals surface area contributed by atoms with Crippen LogP contribution in [0.2, 0.25) is 5.02 Å². The van der Waals surface area contributed by atoms with E-state index in [1.807, 2.05) is 12.1 Å². The second kappa shape index (κ2) is 11.0. The summed E-state index contributed by atoms with van der Waals surface area (Å²) in [5.41, 5.74) is 2.36. The molecule has 0 aliphatic carbocycles. The average Bonchev–Trinajstić information content (AvgIpc) is 3.05. The topological polar surface area (TPSA) is 149 Å². The van der Waals surface area contributed by atoms with Gasteiger partial charge in [-0.3, -0.25) is 29.4 Å². The van der Waals surface area contributed by atoms with E-state index < -0.39 is 15.0 Å². The van der Waals surface area contributed by atoms with Crippen molar-refractivity contribution in [1.29, 1.82) is 0 Å². The Morgan fingerprint density at radius 2 is 1.76 bits per heavy atom. The Morgan fingerprint density at radius 1 is 1.11 bits per heavy atom. The summed E-state index contributed by atoms with van der Waals surface area (Å²) in [5, 5.41) is 12.0. The van der Waals surface area contributed by atoms with Crippen molar-refractivity contribution < 1.29 is 22.7 Å². The highest BCUT2D eigenvalue weighted by molar-refractivity contribution is 7.85. The van der Waals surface area contributed by atoms with Crippen molar-refractivity contribution in [2.24, 2.45) is 9.98 Å². The third-order valence-corrected chi connectivity index (χ3v) is 6.30. The molecule has 3 aliphatic rings. The van der Waals surface area contributed by atoms with Crippen LogP contribution < -0.4 is 4.90 Å². The molecular formula is C24H25ClN6O6S. The zero-order valence-electron chi connectivity index (χ0n) is 20.6. The molecule has 0 bridgehead atoms. The lowest BCUT2D eigenvalue weighted by atomic mass is 9.99. The summed E-state index contributed by atoms with van der Waals surface area (Å²) in [4.78, 5) is 39.6. The number of carbonyl (C=O) groups excluding carboxylic acids is 1. The van der Waals surface area contributed by atoms with Crippen molar-refractivity contribution in [3.63, 3.8) is 0 Å². The number of amides is 1. The molecule has 5 rings (SSSR count). The molecule has 0 radical (unpaired) electrons. The maximum absolute atomic E-state index is 13.4. The lowest BCUT2D eigenvalue weighted by molar-refractivity contribution is -0.384. The number of piperazine rings is 1. The van der Waals surface area contributed by atoms with Crippen LogP contribution in [0, 0.1) is 10.1 Å². The van der Waals surface area contributed by atoms with Gasteiger partial charge in [-0.25, -0.2) is 4.99 Å². The molecule has 0 atom stereocenters. The van der Waals surface area contributed by atoms with Gasteiger partial charge < -0.3 is 9.80 Å². The van der Waals surface area contributed by atoms with E-state index in [-0.39, 0.29) is 18.1 Å². The molecule has 1 amide bonds. The lowest BCUT2D eigenvalue weighted by Crippen LogP contribution is -2.42. The Morgan fingerprint density at radius 3 is 2.39 bits per heavy atom. The van der Waals surface area contributed by atoms with Gasteiger partial charge in [0.15, 0.2) is 0 Å². The Hall–Kier alpha value is -3.65. The smallest absolute Gasteiger partial charge is 0.284 e. The van der Waals surface area contributed by atoms with Crippen LogP contribution in [0.4, 0.5) is 11.4 Å². The SMILES string of the molecule is CN1CCN(C=C2N=C3CN=C(c4ccccc4Cl)c4cc([N+](=O)[O-])ccc4N3C2=O)CC1.CS(=O)(=O)O. The number of hydrogen-bond acceptors (Lipinski definition) is 9. The first kappa shape index (κ1) is 27.4. The van der Waals surface area contributed by atoms with Gasteiger partial charge >= 0.3 is 0 Å². The van der Waals surface area contributed by atoms with Crippen LogP contribution in [0.3, 0.4) is 0 Å². The second-order valence-electron chi connectivity index (χ2n) is 8.86. The predicted molar refractivity (Wildman–Crippen MR) is 145 cm³/mol. The number of amidine groups is 1. The number of likely N-dealkylation sites (N-methyl/N-ethyl adjacent to an activating group) is 1. The number of anilines is 1. The van der Waals surface area contributed by atoms with Crippen molar-refractivity contribution >= 4 is 50.5 Å². The minimum atomic E-state index is -3.67. The van der Waals surface area contributed by atoms with Crippen molar-refractivity contribution in [2.75, 3.05) is 50.9 Å². The Balaban J connectivity index is 0.000000617. The Labute approximate surface area is 224 Å². The van der Waals surface area contributed by atoms with Crippen LogP contribution in [0.1, 0.15) is 11.1 Å². The molecule has 2 aromatic carbocycles. The largest absolute Gasteiger partial charge is 0.373 e. The third-order valence-electron chi connectivity index (χ3n) is 5.97. The molecule has 3 heterocycles. The van der Waals surface area contributed by atoms with E-state index in [0.717, 1.165) is 26.2 Å². The zero-order valence-corrected chi connectivity index (χ0v) is 22.2. The standard InChI is InChI=1S/C23H21ClN6O3.CH4O3S/c1-27-8-10-28(11-9-27)14-19-23(31)29-20-7-6-15(30(32)33)12-17(20)22(25-13-21(29)26-19)16-4-2-3-5-18(16)24;1-5(2,3)4/h2-7,12,14H,8-11,13H2,1H3;1H3,(H,2,3,4). The summed E-state index contributed by atoms with van der Waals surface area (Å²) in [6.45, 7) is 3.60. The molecule has 3 aliphatic heterocycles. The van der Waals surface area contributed by atoms with E-state index >= 15 is 0 Å². The summed E-state index contributed by atoms with van der Waals surface area (Å²) in [5.74, 6) is 0.215. The quantitative estimate of drug-likeness (QED) is 0.260. The fourth-order valence-corrected chi connectivity index (χ4v) is 4.40. The van der Waals surface area contributed by atoms with Gasteiger partial charge in [-0.15, -0.1) is 0 Å². The molecular weight excluding hydrogens is 536 g/mol. The highest BCUT2D eigenvalue weighted by Crippen LogP contribution is 2.35. The number of nitro benzene ring substituents is 1. The number of benzene rings is 2. The molecule has 1 N–H and O–H groups in total. The van der Waals surface area contributed by atoms with Crippen LogP contribution in [0.25, 0.3) is 0 Å². The van der Waals surface area contributed by atoms with E-state index in [1.54, 1.807) is 24.4 Å². The molecule has 38 heavy (non-hydrogen) atoms. The molecule has 14 heteroatoms. The lowest BCUT2D eigenvalue weighted by Gasteiger charge is -2.31. The molecule has 2 aromatic rings. The van der Waals surface area contributed by atoms with Gasteiger partial charge in [0.2, 0.25) is 0 Å². The molecule has 0 unspecified atom stereocenters. The van der Waals surface area contributed by atoms with E-state index in [2.05, 4.69) is 21.8 Å². The Kier molecular flexibility index (Phi) is 7.92. The van der Waals surface area contributed by atoms with Gasteiger partial charge in [-0.1, -0.05) is 29.8 Å². The molecule has 12 nitrogen and oxygen atoms in total. The highest BCUT2D eigenvalue weighted by atomic mass is 35.5. The van der Waals surface area contributed by atoms with Crippen molar-refractivity contribution in [2.45, 2.75) is 0 Å². The summed E-state index contributed by atoms with van der Waals surface area (Å²) < 4.78 is 25.9. The number of rotatable bonds is 3. The molecule has 0 spiro atoms. The zero-order chi connectivity index (χ0) is 27.6. The van der Waals surface area contributed by atoms with Crippen molar-refractivity contribution in [3.05, 3.63) is 80.6 Å². The van der Waals surface area contributed by atoms with Crippen LogP contribution in [0.15, 0.2) is 64.3 Å². The second-order valence-corrected chi connectivity index (χ2v) is 10.7. The number of nitro groups is 1. The van der Waals surface area contributed by atoms with Gasteiger partial charge in [0.25, 0.3) is 21.7 Å². The van der Waals surface area contributed by atoms with Gasteiger partial charge in [0, 0.05) is 60.7 Å². The summed E-state index contributed by atoms with van der Waals surface area (Å²) >= 11 is 6.43.